The maximum absolute atomic E-state index is 12.5. The van der Waals surface area contributed by atoms with E-state index in [-0.39, 0.29) is 5.41 Å². The predicted molar refractivity (Wildman–Crippen MR) is 90.2 cm³/mol. The summed E-state index contributed by atoms with van der Waals surface area (Å²) in [6, 6.07) is 7.98. The number of para-hydroxylation sites is 1. The van der Waals surface area contributed by atoms with E-state index in [1.54, 1.807) is 11.9 Å². The second-order valence-electron chi connectivity index (χ2n) is 6.75. The smallest absolute Gasteiger partial charge is 0.316 e. The Hall–Kier alpha value is -1.88. The Morgan fingerprint density at radius 2 is 1.74 bits per heavy atom. The third-order valence-corrected chi connectivity index (χ3v) is 5.40. The van der Waals surface area contributed by atoms with Gasteiger partial charge in [0.25, 0.3) is 0 Å². The largest absolute Gasteiger partial charge is 0.336 e. The molecule has 0 bridgehead atoms. The summed E-state index contributed by atoms with van der Waals surface area (Å²) >= 11 is 0. The molecule has 1 aliphatic carbocycles. The molecule has 0 radical (unpaired) electrons. The maximum Gasteiger partial charge on any atom is 0.316 e. The summed E-state index contributed by atoms with van der Waals surface area (Å²) in [5.41, 5.74) is 8.11. The molecule has 2 fully saturated rings. The highest BCUT2D eigenvalue weighted by Crippen LogP contribution is 2.43. The van der Waals surface area contributed by atoms with Crippen molar-refractivity contribution in [2.45, 2.75) is 37.5 Å². The zero-order valence-corrected chi connectivity index (χ0v) is 13.8. The summed E-state index contributed by atoms with van der Waals surface area (Å²) in [6.45, 7) is 1.69. The Morgan fingerprint density at radius 1 is 1.04 bits per heavy atom. The zero-order chi connectivity index (χ0) is 16.4. The van der Waals surface area contributed by atoms with E-state index >= 15 is 0 Å². The van der Waals surface area contributed by atoms with Gasteiger partial charge in [0.15, 0.2) is 0 Å². The Morgan fingerprint density at radius 3 is 2.43 bits per heavy atom. The van der Waals surface area contributed by atoms with Crippen molar-refractivity contribution in [3.63, 3.8) is 0 Å². The number of anilines is 1. The van der Waals surface area contributed by atoms with Gasteiger partial charge in [-0.1, -0.05) is 37.5 Å². The van der Waals surface area contributed by atoms with Crippen LogP contribution in [0.1, 0.15) is 37.7 Å². The normalized spacial score (nSPS) is 21.7. The third-order valence-electron chi connectivity index (χ3n) is 5.40. The van der Waals surface area contributed by atoms with Gasteiger partial charge in [-0.3, -0.25) is 9.59 Å². The zero-order valence-electron chi connectivity index (χ0n) is 13.8. The number of hydrogen-bond acceptors (Lipinski definition) is 3. The summed E-state index contributed by atoms with van der Waals surface area (Å²) in [4.78, 5) is 27.7. The monoisotopic (exact) mass is 315 g/mol. The second kappa shape index (κ2) is 6.32. The number of amides is 2. The van der Waals surface area contributed by atoms with Crippen LogP contribution in [0.25, 0.3) is 0 Å². The molecular weight excluding hydrogens is 290 g/mol. The van der Waals surface area contributed by atoms with Gasteiger partial charge in [0.1, 0.15) is 0 Å². The molecule has 2 amide bonds. The van der Waals surface area contributed by atoms with Crippen LogP contribution < -0.4 is 10.6 Å². The molecule has 2 N–H and O–H groups in total. The first-order valence-electron chi connectivity index (χ1n) is 8.45. The van der Waals surface area contributed by atoms with Crippen molar-refractivity contribution >= 4 is 17.5 Å². The molecule has 1 aliphatic heterocycles. The average molecular weight is 315 g/mol. The lowest BCUT2D eigenvalue weighted by molar-refractivity contribution is -0.145. The minimum absolute atomic E-state index is 0.0679. The first-order chi connectivity index (χ1) is 11.1. The molecule has 5 heteroatoms. The molecule has 23 heavy (non-hydrogen) atoms. The number of benzene rings is 1. The number of nitrogens with two attached hydrogens (primary N) is 1. The quantitative estimate of drug-likeness (QED) is 0.863. The van der Waals surface area contributed by atoms with Crippen molar-refractivity contribution in [2.24, 2.45) is 5.73 Å². The highest BCUT2D eigenvalue weighted by Gasteiger charge is 2.38. The van der Waals surface area contributed by atoms with E-state index in [1.165, 1.54) is 24.2 Å². The van der Waals surface area contributed by atoms with Gasteiger partial charge in [-0.15, -0.1) is 0 Å². The van der Waals surface area contributed by atoms with Crippen LogP contribution in [0.15, 0.2) is 24.3 Å². The summed E-state index contributed by atoms with van der Waals surface area (Å²) in [5.74, 6) is -0.870. The number of carbonyl (C=O) groups excluding carboxylic acids is 2. The molecule has 1 saturated heterocycles. The molecule has 1 aromatic carbocycles. The van der Waals surface area contributed by atoms with E-state index in [0.717, 1.165) is 24.1 Å². The van der Waals surface area contributed by atoms with Gasteiger partial charge < -0.3 is 15.5 Å². The fourth-order valence-corrected chi connectivity index (χ4v) is 3.93. The van der Waals surface area contributed by atoms with E-state index in [9.17, 15) is 9.59 Å². The predicted octanol–water partition coefficient (Wildman–Crippen LogP) is 1.65. The van der Waals surface area contributed by atoms with Crippen LogP contribution in [0.4, 0.5) is 5.69 Å². The number of rotatable bonds is 3. The van der Waals surface area contributed by atoms with Crippen molar-refractivity contribution in [2.75, 3.05) is 31.6 Å². The molecule has 0 atom stereocenters. The molecule has 5 nitrogen and oxygen atoms in total. The average Bonchev–Trinajstić information content (AvgIpc) is 2.60. The minimum atomic E-state index is -0.436. The van der Waals surface area contributed by atoms with Crippen molar-refractivity contribution < 1.29 is 9.59 Å². The lowest BCUT2D eigenvalue weighted by Crippen LogP contribution is -2.53. The maximum atomic E-state index is 12.5. The van der Waals surface area contributed by atoms with Crippen LogP contribution in [-0.2, 0) is 15.0 Å². The van der Waals surface area contributed by atoms with Gasteiger partial charge in [-0.25, -0.2) is 0 Å². The van der Waals surface area contributed by atoms with Crippen LogP contribution >= 0.6 is 0 Å². The SMILES string of the molecule is CN1CCN(c2ccccc2C2(CN)CCCCC2)C(=O)C1=O. The summed E-state index contributed by atoms with van der Waals surface area (Å²) in [7, 11) is 1.67. The Bertz CT molecular complexity index is 608. The highest BCUT2D eigenvalue weighted by molar-refractivity contribution is 6.41. The van der Waals surface area contributed by atoms with Crippen molar-refractivity contribution in [1.82, 2.24) is 4.90 Å². The van der Waals surface area contributed by atoms with Gasteiger partial charge >= 0.3 is 11.8 Å². The molecule has 2 aliphatic rings. The molecule has 3 rings (SSSR count). The van der Waals surface area contributed by atoms with E-state index in [1.807, 2.05) is 18.2 Å². The standard InChI is InChI=1S/C18H25N3O2/c1-20-11-12-21(17(23)16(20)22)15-8-4-3-7-14(15)18(13-19)9-5-2-6-10-18/h3-4,7-8H,2,5-6,9-13,19H2,1H3. The fraction of sp³-hybridized carbons (Fsp3) is 0.556. The second-order valence-corrected chi connectivity index (χ2v) is 6.75. The molecular formula is C18H25N3O2. The lowest BCUT2D eigenvalue weighted by Gasteiger charge is -2.41. The van der Waals surface area contributed by atoms with Gasteiger partial charge in [-0.05, 0) is 24.5 Å². The first kappa shape index (κ1) is 16.0. The summed E-state index contributed by atoms with van der Waals surface area (Å²) in [6.07, 6.45) is 5.69. The Kier molecular flexibility index (Phi) is 4.39. The van der Waals surface area contributed by atoms with Crippen molar-refractivity contribution in [3.05, 3.63) is 29.8 Å². The van der Waals surface area contributed by atoms with Gasteiger partial charge in [0, 0.05) is 37.8 Å². The highest BCUT2D eigenvalue weighted by atomic mass is 16.2. The van der Waals surface area contributed by atoms with Gasteiger partial charge in [0.05, 0.1) is 0 Å². The minimum Gasteiger partial charge on any atom is -0.336 e. The van der Waals surface area contributed by atoms with E-state index < -0.39 is 11.8 Å². The van der Waals surface area contributed by atoms with Crippen LogP contribution in [0.5, 0.6) is 0 Å². The fourth-order valence-electron chi connectivity index (χ4n) is 3.93. The molecule has 0 spiro atoms. The summed E-state index contributed by atoms with van der Waals surface area (Å²) < 4.78 is 0. The van der Waals surface area contributed by atoms with Crippen LogP contribution in [-0.4, -0.2) is 43.4 Å². The topological polar surface area (TPSA) is 66.6 Å². The van der Waals surface area contributed by atoms with Gasteiger partial charge in [0.2, 0.25) is 0 Å². The molecule has 1 aromatic rings. The number of piperazine rings is 1. The van der Waals surface area contributed by atoms with Crippen LogP contribution in [0.2, 0.25) is 0 Å². The molecule has 124 valence electrons. The van der Waals surface area contributed by atoms with Crippen LogP contribution in [0, 0.1) is 0 Å². The number of hydrogen-bond donors (Lipinski definition) is 1. The van der Waals surface area contributed by atoms with E-state index in [2.05, 4.69) is 6.07 Å². The molecule has 0 unspecified atom stereocenters. The number of nitrogens with zero attached hydrogens (tertiary/aromatic N) is 2. The molecule has 1 heterocycles. The van der Waals surface area contributed by atoms with Crippen LogP contribution in [0.3, 0.4) is 0 Å². The van der Waals surface area contributed by atoms with E-state index in [0.29, 0.717) is 19.6 Å². The third kappa shape index (κ3) is 2.74. The Balaban J connectivity index is 2.01. The number of likely N-dealkylation sites (N-methyl/N-ethyl adjacent to an activating group) is 1. The number of carbonyl (C=O) groups is 2. The lowest BCUT2D eigenvalue weighted by atomic mass is 9.69. The van der Waals surface area contributed by atoms with Crippen molar-refractivity contribution in [3.8, 4) is 0 Å². The Labute approximate surface area is 137 Å². The summed E-state index contributed by atoms with van der Waals surface area (Å²) in [5, 5.41) is 0. The first-order valence-corrected chi connectivity index (χ1v) is 8.45. The van der Waals surface area contributed by atoms with Crippen molar-refractivity contribution in [1.29, 1.82) is 0 Å². The molecule has 1 saturated carbocycles. The van der Waals surface area contributed by atoms with Gasteiger partial charge in [-0.2, -0.15) is 0 Å². The van der Waals surface area contributed by atoms with E-state index in [4.69, 9.17) is 5.73 Å². The molecule has 0 aromatic heterocycles.